The summed E-state index contributed by atoms with van der Waals surface area (Å²) in [5.74, 6) is -0.243. The number of para-hydroxylation sites is 1. The molecule has 1 N–H and O–H groups in total. The van der Waals surface area contributed by atoms with Crippen LogP contribution in [0.3, 0.4) is 0 Å². The van der Waals surface area contributed by atoms with Crippen LogP contribution in [0.4, 0.5) is 11.4 Å². The van der Waals surface area contributed by atoms with E-state index >= 15 is 0 Å². The highest BCUT2D eigenvalue weighted by molar-refractivity contribution is 7.93. The number of benzene rings is 3. The van der Waals surface area contributed by atoms with Crippen LogP contribution < -0.4 is 9.62 Å². The Labute approximate surface area is 152 Å². The average Bonchev–Trinajstić information content (AvgIpc) is 2.67. The van der Waals surface area contributed by atoms with Gasteiger partial charge in [0.1, 0.15) is 0 Å². The van der Waals surface area contributed by atoms with Crippen molar-refractivity contribution in [2.24, 2.45) is 0 Å². The van der Waals surface area contributed by atoms with E-state index in [9.17, 15) is 13.2 Å². The molecule has 1 aliphatic rings. The van der Waals surface area contributed by atoms with Crippen LogP contribution in [0, 0.1) is 0 Å². The number of nitrogens with one attached hydrogen (secondary N) is 1. The number of hydrogen-bond donors (Lipinski definition) is 1. The van der Waals surface area contributed by atoms with Gasteiger partial charge in [-0.25, -0.2) is 8.42 Å². The fourth-order valence-electron chi connectivity index (χ4n) is 3.08. The van der Waals surface area contributed by atoms with Crippen molar-refractivity contribution in [3.05, 3.63) is 78.4 Å². The number of carbonyl (C=O) groups excluding carboxylic acids is 1. The summed E-state index contributed by atoms with van der Waals surface area (Å²) in [6.45, 7) is 0. The molecule has 0 atom stereocenters. The van der Waals surface area contributed by atoms with Crippen molar-refractivity contribution >= 4 is 27.3 Å². The largest absolute Gasteiger partial charge is 0.322 e. The Kier molecular flexibility index (Phi) is 3.77. The average molecular weight is 364 g/mol. The molecule has 5 nitrogen and oxygen atoms in total. The van der Waals surface area contributed by atoms with Gasteiger partial charge in [-0.1, -0.05) is 36.4 Å². The van der Waals surface area contributed by atoms with Gasteiger partial charge in [-0.3, -0.25) is 9.10 Å². The Morgan fingerprint density at radius 1 is 0.885 bits per heavy atom. The molecular formula is C20H16N2O3S. The highest BCUT2D eigenvalue weighted by Crippen LogP contribution is 2.42. The number of rotatable bonds is 2. The Morgan fingerprint density at radius 2 is 1.58 bits per heavy atom. The van der Waals surface area contributed by atoms with E-state index in [0.717, 1.165) is 5.56 Å². The van der Waals surface area contributed by atoms with Crippen LogP contribution in [-0.4, -0.2) is 21.4 Å². The summed E-state index contributed by atoms with van der Waals surface area (Å²) >= 11 is 0. The Hall–Kier alpha value is -3.12. The molecule has 0 bridgehead atoms. The van der Waals surface area contributed by atoms with Gasteiger partial charge in [0.2, 0.25) is 0 Å². The van der Waals surface area contributed by atoms with E-state index in [1.807, 2.05) is 30.3 Å². The number of nitrogens with zero attached hydrogens (tertiary/aromatic N) is 1. The first-order valence-electron chi connectivity index (χ1n) is 8.07. The lowest BCUT2D eigenvalue weighted by Crippen LogP contribution is -2.30. The van der Waals surface area contributed by atoms with Crippen LogP contribution >= 0.6 is 0 Å². The third kappa shape index (κ3) is 2.55. The lowest BCUT2D eigenvalue weighted by atomic mass is 10.00. The van der Waals surface area contributed by atoms with Crippen molar-refractivity contribution in [3.63, 3.8) is 0 Å². The number of sulfonamides is 1. The van der Waals surface area contributed by atoms with Crippen molar-refractivity contribution in [3.8, 4) is 11.1 Å². The lowest BCUT2D eigenvalue weighted by molar-refractivity contribution is 0.102. The van der Waals surface area contributed by atoms with E-state index in [0.29, 0.717) is 22.5 Å². The van der Waals surface area contributed by atoms with Crippen molar-refractivity contribution in [2.75, 3.05) is 16.7 Å². The maximum Gasteiger partial charge on any atom is 0.264 e. The molecule has 6 heteroatoms. The molecule has 1 amide bonds. The first kappa shape index (κ1) is 16.4. The summed E-state index contributed by atoms with van der Waals surface area (Å²) in [5.41, 5.74) is 3.05. The monoisotopic (exact) mass is 364 g/mol. The lowest BCUT2D eigenvalue weighted by Gasteiger charge is -2.29. The summed E-state index contributed by atoms with van der Waals surface area (Å²) < 4.78 is 26.6. The number of carbonyl (C=O) groups is 1. The second-order valence-corrected chi connectivity index (χ2v) is 7.96. The van der Waals surface area contributed by atoms with Gasteiger partial charge in [0.05, 0.1) is 10.6 Å². The van der Waals surface area contributed by atoms with Crippen LogP contribution in [0.25, 0.3) is 11.1 Å². The van der Waals surface area contributed by atoms with Crippen LogP contribution in [0.5, 0.6) is 0 Å². The molecule has 0 saturated heterocycles. The van der Waals surface area contributed by atoms with Crippen LogP contribution in [0.2, 0.25) is 0 Å². The fraction of sp³-hybridized carbons (Fsp3) is 0.0500. The first-order chi connectivity index (χ1) is 12.5. The minimum absolute atomic E-state index is 0.243. The Morgan fingerprint density at radius 3 is 2.35 bits per heavy atom. The normalized spacial score (nSPS) is 14.3. The van der Waals surface area contributed by atoms with Crippen molar-refractivity contribution in [1.29, 1.82) is 0 Å². The molecule has 0 fully saturated rings. The summed E-state index contributed by atoms with van der Waals surface area (Å²) in [7, 11) is -2.06. The summed E-state index contributed by atoms with van der Waals surface area (Å²) in [6.07, 6.45) is 0. The molecular weight excluding hydrogens is 348 g/mol. The molecule has 26 heavy (non-hydrogen) atoms. The van der Waals surface area contributed by atoms with Gasteiger partial charge in [-0.2, -0.15) is 0 Å². The molecule has 4 rings (SSSR count). The smallest absolute Gasteiger partial charge is 0.264 e. The van der Waals surface area contributed by atoms with Crippen molar-refractivity contribution < 1.29 is 13.2 Å². The van der Waals surface area contributed by atoms with Crippen LogP contribution in [0.15, 0.2) is 77.7 Å². The zero-order valence-corrected chi connectivity index (χ0v) is 14.8. The van der Waals surface area contributed by atoms with Crippen molar-refractivity contribution in [1.82, 2.24) is 0 Å². The highest BCUT2D eigenvalue weighted by Gasteiger charge is 2.32. The predicted molar refractivity (Wildman–Crippen MR) is 102 cm³/mol. The summed E-state index contributed by atoms with van der Waals surface area (Å²) in [5, 5.41) is 2.85. The molecule has 0 spiro atoms. The standard InChI is InChI=1S/C20H16N2O3S/c1-22-18-12-11-14(20(23)21-15-7-3-2-4-8-15)13-17(18)16-9-5-6-10-19(16)26(22,24)25/h2-13H,1H3,(H,21,23). The summed E-state index contributed by atoms with van der Waals surface area (Å²) in [4.78, 5) is 12.8. The zero-order valence-electron chi connectivity index (χ0n) is 14.0. The Bertz CT molecular complexity index is 1110. The fourth-order valence-corrected chi connectivity index (χ4v) is 4.50. The number of anilines is 2. The second-order valence-electron chi connectivity index (χ2n) is 6.02. The molecule has 0 aliphatic carbocycles. The maximum absolute atomic E-state index is 12.7. The molecule has 1 heterocycles. The van der Waals surface area contributed by atoms with Gasteiger partial charge < -0.3 is 5.32 Å². The molecule has 0 radical (unpaired) electrons. The number of hydrogen-bond acceptors (Lipinski definition) is 3. The maximum atomic E-state index is 12.7. The van der Waals surface area contributed by atoms with E-state index in [1.165, 1.54) is 11.4 Å². The quantitative estimate of drug-likeness (QED) is 0.753. The number of fused-ring (bicyclic) bond motifs is 3. The molecule has 3 aromatic carbocycles. The van der Waals surface area contributed by atoms with E-state index in [2.05, 4.69) is 5.32 Å². The van der Waals surface area contributed by atoms with Gasteiger partial charge in [-0.15, -0.1) is 0 Å². The van der Waals surface area contributed by atoms with E-state index in [-0.39, 0.29) is 10.8 Å². The van der Waals surface area contributed by atoms with Crippen LogP contribution in [-0.2, 0) is 10.0 Å². The molecule has 130 valence electrons. The van der Waals surface area contributed by atoms with Crippen LogP contribution in [0.1, 0.15) is 10.4 Å². The number of amides is 1. The predicted octanol–water partition coefficient (Wildman–Crippen LogP) is 3.74. The van der Waals surface area contributed by atoms with Gasteiger partial charge in [0, 0.05) is 29.4 Å². The Balaban J connectivity index is 1.79. The van der Waals surface area contributed by atoms with Crippen molar-refractivity contribution in [2.45, 2.75) is 4.90 Å². The van der Waals surface area contributed by atoms with Gasteiger partial charge >= 0.3 is 0 Å². The molecule has 0 aromatic heterocycles. The molecule has 3 aromatic rings. The van der Waals surface area contributed by atoms with Gasteiger partial charge in [0.25, 0.3) is 15.9 Å². The third-order valence-electron chi connectivity index (χ3n) is 4.45. The van der Waals surface area contributed by atoms with Gasteiger partial charge in [-0.05, 0) is 36.4 Å². The van der Waals surface area contributed by atoms with E-state index in [1.54, 1.807) is 42.5 Å². The molecule has 1 aliphatic heterocycles. The zero-order chi connectivity index (χ0) is 18.3. The van der Waals surface area contributed by atoms with Gasteiger partial charge in [0.15, 0.2) is 0 Å². The SMILES string of the molecule is CN1c2ccc(C(=O)Nc3ccccc3)cc2-c2ccccc2S1(=O)=O. The third-order valence-corrected chi connectivity index (χ3v) is 6.27. The summed E-state index contributed by atoms with van der Waals surface area (Å²) in [6, 6.07) is 21.1. The minimum Gasteiger partial charge on any atom is -0.322 e. The second kappa shape index (κ2) is 6.00. The topological polar surface area (TPSA) is 66.5 Å². The first-order valence-corrected chi connectivity index (χ1v) is 9.51. The van der Waals surface area contributed by atoms with E-state index in [4.69, 9.17) is 0 Å². The molecule has 0 unspecified atom stereocenters. The highest BCUT2D eigenvalue weighted by atomic mass is 32.2. The molecule has 0 saturated carbocycles. The minimum atomic E-state index is -3.58. The van der Waals surface area contributed by atoms with E-state index < -0.39 is 10.0 Å².